The number of fused-ring (bicyclic) bond motifs is 1. The van der Waals surface area contributed by atoms with Crippen LogP contribution in [0.15, 0.2) is 58.4 Å². The molecule has 1 aliphatic rings. The lowest BCUT2D eigenvalue weighted by molar-refractivity contribution is -0.384. The molecular formula is C15H14N4O4S. The maximum atomic E-state index is 12.0. The average molecular weight is 346 g/mol. The molecule has 0 radical (unpaired) electrons. The molecule has 0 bridgehead atoms. The second-order valence-corrected chi connectivity index (χ2v) is 6.68. The summed E-state index contributed by atoms with van der Waals surface area (Å²) >= 11 is 0. The number of amidine groups is 1. The molecule has 24 heavy (non-hydrogen) atoms. The molecule has 2 aromatic rings. The summed E-state index contributed by atoms with van der Waals surface area (Å²) < 4.78 is 26.3. The van der Waals surface area contributed by atoms with Crippen LogP contribution >= 0.6 is 0 Å². The third-order valence-electron chi connectivity index (χ3n) is 3.46. The van der Waals surface area contributed by atoms with Crippen molar-refractivity contribution in [3.05, 3.63) is 64.2 Å². The minimum atomic E-state index is -3.55. The van der Waals surface area contributed by atoms with E-state index < -0.39 is 14.9 Å². The van der Waals surface area contributed by atoms with Gasteiger partial charge in [0.25, 0.3) is 15.7 Å². The predicted molar refractivity (Wildman–Crippen MR) is 89.8 cm³/mol. The minimum absolute atomic E-state index is 0.0166. The van der Waals surface area contributed by atoms with Gasteiger partial charge in [0.1, 0.15) is 11.5 Å². The highest BCUT2D eigenvalue weighted by Crippen LogP contribution is 2.23. The molecule has 124 valence electrons. The van der Waals surface area contributed by atoms with E-state index in [1.807, 2.05) is 0 Å². The fourth-order valence-corrected chi connectivity index (χ4v) is 3.64. The zero-order valence-electron chi connectivity index (χ0n) is 12.5. The number of hydrogen-bond donors (Lipinski definition) is 2. The van der Waals surface area contributed by atoms with E-state index in [0.29, 0.717) is 17.8 Å². The van der Waals surface area contributed by atoms with Crippen molar-refractivity contribution in [3.8, 4) is 0 Å². The summed E-state index contributed by atoms with van der Waals surface area (Å²) in [7, 11) is -3.55. The van der Waals surface area contributed by atoms with Gasteiger partial charge in [-0.2, -0.15) is 0 Å². The number of nitrogens with one attached hydrogen (secondary N) is 2. The Morgan fingerprint density at radius 2 is 1.83 bits per heavy atom. The molecule has 0 amide bonds. The summed E-state index contributed by atoms with van der Waals surface area (Å²) in [6.07, 6.45) is 0. The Kier molecular flexibility index (Phi) is 4.17. The lowest BCUT2D eigenvalue weighted by atomic mass is 10.2. The highest BCUT2D eigenvalue weighted by atomic mass is 32.2. The van der Waals surface area contributed by atoms with Gasteiger partial charge in [-0.3, -0.25) is 19.8 Å². The molecule has 0 fully saturated rings. The maximum Gasteiger partial charge on any atom is 0.292 e. The predicted octanol–water partition coefficient (Wildman–Crippen LogP) is 1.75. The van der Waals surface area contributed by atoms with Gasteiger partial charge >= 0.3 is 0 Å². The van der Waals surface area contributed by atoms with Gasteiger partial charge in [-0.1, -0.05) is 24.3 Å². The number of anilines is 1. The zero-order valence-corrected chi connectivity index (χ0v) is 13.3. The van der Waals surface area contributed by atoms with Crippen LogP contribution < -0.4 is 10.0 Å². The van der Waals surface area contributed by atoms with Crippen LogP contribution in [-0.4, -0.2) is 32.3 Å². The van der Waals surface area contributed by atoms with Crippen LogP contribution in [-0.2, 0) is 10.0 Å². The molecule has 9 heteroatoms. The van der Waals surface area contributed by atoms with E-state index in [-0.39, 0.29) is 23.0 Å². The van der Waals surface area contributed by atoms with Crippen molar-refractivity contribution in [3.63, 3.8) is 0 Å². The van der Waals surface area contributed by atoms with Gasteiger partial charge in [0.05, 0.1) is 16.4 Å². The molecule has 0 saturated heterocycles. The number of benzene rings is 2. The fourth-order valence-electron chi connectivity index (χ4n) is 2.39. The largest absolute Gasteiger partial charge is 0.378 e. The third kappa shape index (κ3) is 3.06. The summed E-state index contributed by atoms with van der Waals surface area (Å²) in [5, 5.41) is 13.9. The number of nitrogens with zero attached hydrogens (tertiary/aromatic N) is 2. The van der Waals surface area contributed by atoms with Crippen molar-refractivity contribution in [2.75, 3.05) is 18.4 Å². The first-order valence-electron chi connectivity index (χ1n) is 7.13. The minimum Gasteiger partial charge on any atom is -0.378 e. The normalized spacial score (nSPS) is 16.4. The molecule has 0 saturated carbocycles. The van der Waals surface area contributed by atoms with Crippen LogP contribution in [0.3, 0.4) is 0 Å². The van der Waals surface area contributed by atoms with E-state index in [2.05, 4.69) is 15.0 Å². The van der Waals surface area contributed by atoms with Crippen LogP contribution in [0, 0.1) is 10.1 Å². The first-order chi connectivity index (χ1) is 11.5. The van der Waals surface area contributed by atoms with Crippen LogP contribution in [0.1, 0.15) is 5.56 Å². The number of para-hydroxylation sites is 2. The van der Waals surface area contributed by atoms with Crippen molar-refractivity contribution in [2.45, 2.75) is 4.90 Å². The zero-order chi connectivity index (χ0) is 17.2. The molecule has 0 unspecified atom stereocenters. The number of nitro benzene ring substituents is 1. The second-order valence-electron chi connectivity index (χ2n) is 5.03. The standard InChI is InChI=1S/C15H14N4O4S/c20-19(21)13-7-3-2-6-12(13)16-9-10-17-15-11-5-1-4-8-14(11)24(22,23)18-15/h1-8,16H,9-10H2,(H,17,18). The number of nitro groups is 1. The summed E-state index contributed by atoms with van der Waals surface area (Å²) in [6, 6.07) is 12.9. The molecule has 0 aromatic heterocycles. The third-order valence-corrected chi connectivity index (χ3v) is 4.86. The molecule has 8 nitrogen and oxygen atoms in total. The monoisotopic (exact) mass is 346 g/mol. The highest BCUT2D eigenvalue weighted by Gasteiger charge is 2.29. The van der Waals surface area contributed by atoms with Crippen molar-refractivity contribution >= 4 is 27.2 Å². The lowest BCUT2D eigenvalue weighted by Crippen LogP contribution is -2.23. The number of hydrogen-bond acceptors (Lipinski definition) is 6. The maximum absolute atomic E-state index is 12.0. The van der Waals surface area contributed by atoms with E-state index in [1.165, 1.54) is 12.1 Å². The summed E-state index contributed by atoms with van der Waals surface area (Å²) in [5.41, 5.74) is 0.912. The summed E-state index contributed by atoms with van der Waals surface area (Å²) in [5.74, 6) is 0.287. The van der Waals surface area contributed by atoms with E-state index >= 15 is 0 Å². The van der Waals surface area contributed by atoms with Crippen molar-refractivity contribution < 1.29 is 13.3 Å². The molecule has 0 atom stereocenters. The van der Waals surface area contributed by atoms with Crippen molar-refractivity contribution in [1.82, 2.24) is 4.72 Å². The smallest absolute Gasteiger partial charge is 0.292 e. The highest BCUT2D eigenvalue weighted by molar-refractivity contribution is 7.90. The van der Waals surface area contributed by atoms with Crippen LogP contribution in [0.25, 0.3) is 0 Å². The second kappa shape index (κ2) is 6.28. The van der Waals surface area contributed by atoms with Gasteiger partial charge in [0.15, 0.2) is 0 Å². The lowest BCUT2D eigenvalue weighted by Gasteiger charge is -2.05. The number of rotatable bonds is 5. The molecule has 0 aliphatic carbocycles. The van der Waals surface area contributed by atoms with Gasteiger partial charge in [-0.25, -0.2) is 8.42 Å². The molecule has 1 aliphatic heterocycles. The van der Waals surface area contributed by atoms with Gasteiger partial charge in [-0.15, -0.1) is 0 Å². The Balaban J connectivity index is 1.70. The van der Waals surface area contributed by atoms with Crippen LogP contribution in [0.5, 0.6) is 0 Å². The molecular weight excluding hydrogens is 332 g/mol. The van der Waals surface area contributed by atoms with Gasteiger partial charge in [-0.05, 0) is 18.2 Å². The molecule has 2 aromatic carbocycles. The molecule has 1 heterocycles. The first-order valence-corrected chi connectivity index (χ1v) is 8.61. The number of sulfonamides is 1. The van der Waals surface area contributed by atoms with Crippen molar-refractivity contribution in [2.24, 2.45) is 4.99 Å². The Hall–Kier alpha value is -2.94. The molecule has 2 N–H and O–H groups in total. The average Bonchev–Trinajstić information content (AvgIpc) is 2.83. The number of aliphatic imine (C=N–C) groups is 1. The SMILES string of the molecule is O=[N+]([O-])c1ccccc1NCCN=C1NS(=O)(=O)c2ccccc21. The Labute approximate surface area is 138 Å². The van der Waals surface area contributed by atoms with Gasteiger partial charge in [0.2, 0.25) is 0 Å². The van der Waals surface area contributed by atoms with Gasteiger partial charge in [0, 0.05) is 18.2 Å². The van der Waals surface area contributed by atoms with Crippen LogP contribution in [0.4, 0.5) is 11.4 Å². The summed E-state index contributed by atoms with van der Waals surface area (Å²) in [4.78, 5) is 14.9. The fraction of sp³-hybridized carbons (Fsp3) is 0.133. The molecule has 3 rings (SSSR count). The molecule has 0 spiro atoms. The first kappa shape index (κ1) is 15.9. The quantitative estimate of drug-likeness (QED) is 0.486. The van der Waals surface area contributed by atoms with E-state index in [0.717, 1.165) is 0 Å². The Bertz CT molecular complexity index is 925. The Morgan fingerprint density at radius 3 is 2.62 bits per heavy atom. The van der Waals surface area contributed by atoms with E-state index in [9.17, 15) is 18.5 Å². The summed E-state index contributed by atoms with van der Waals surface area (Å²) in [6.45, 7) is 0.594. The van der Waals surface area contributed by atoms with Gasteiger partial charge < -0.3 is 5.32 Å². The Morgan fingerprint density at radius 1 is 1.12 bits per heavy atom. The van der Waals surface area contributed by atoms with Crippen molar-refractivity contribution in [1.29, 1.82) is 0 Å². The van der Waals surface area contributed by atoms with E-state index in [1.54, 1.807) is 36.4 Å². The topological polar surface area (TPSA) is 114 Å². The van der Waals surface area contributed by atoms with E-state index in [4.69, 9.17) is 0 Å². The van der Waals surface area contributed by atoms with Crippen LogP contribution in [0.2, 0.25) is 0 Å².